The number of aromatic nitrogens is 1. The topological polar surface area (TPSA) is 63.2 Å². The van der Waals surface area contributed by atoms with E-state index in [0.717, 1.165) is 11.3 Å². The average Bonchev–Trinajstić information content (AvgIpc) is 2.68. The maximum Gasteiger partial charge on any atom is 0.256 e. The summed E-state index contributed by atoms with van der Waals surface area (Å²) in [5, 5.41) is 6.76. The van der Waals surface area contributed by atoms with Gasteiger partial charge in [0.25, 0.3) is 5.91 Å². The molecule has 26 heavy (non-hydrogen) atoms. The van der Waals surface area contributed by atoms with E-state index in [1.165, 1.54) is 0 Å². The van der Waals surface area contributed by atoms with Crippen molar-refractivity contribution in [2.75, 3.05) is 17.7 Å². The number of hydrogen-bond acceptors (Lipinski definition) is 4. The molecule has 0 aliphatic rings. The second kappa shape index (κ2) is 8.36. The molecule has 5 nitrogen and oxygen atoms in total. The number of nitrogens with one attached hydrogen (secondary N) is 2. The lowest BCUT2D eigenvalue weighted by Crippen LogP contribution is -2.12. The van der Waals surface area contributed by atoms with E-state index in [2.05, 4.69) is 15.6 Å². The summed E-state index contributed by atoms with van der Waals surface area (Å²) in [5.41, 5.74) is 2.52. The van der Waals surface area contributed by atoms with Crippen LogP contribution < -0.4 is 15.4 Å². The molecule has 2 N–H and O–H groups in total. The van der Waals surface area contributed by atoms with Crippen molar-refractivity contribution < 1.29 is 9.53 Å². The fourth-order valence-corrected chi connectivity index (χ4v) is 2.44. The Balaban J connectivity index is 1.56. The number of amides is 1. The number of carbonyl (C=O) groups excluding carboxylic acids is 1. The van der Waals surface area contributed by atoms with Crippen LogP contribution in [0.4, 0.5) is 11.5 Å². The van der Waals surface area contributed by atoms with E-state index < -0.39 is 0 Å². The maximum atomic E-state index is 12.2. The van der Waals surface area contributed by atoms with E-state index in [4.69, 9.17) is 16.3 Å². The van der Waals surface area contributed by atoms with Crippen molar-refractivity contribution in [1.29, 1.82) is 0 Å². The fourth-order valence-electron chi connectivity index (χ4n) is 2.31. The molecule has 3 aromatic rings. The van der Waals surface area contributed by atoms with Crippen molar-refractivity contribution in [1.82, 2.24) is 4.98 Å². The summed E-state index contributed by atoms with van der Waals surface area (Å²) in [6, 6.07) is 18.2. The third-order valence-corrected chi connectivity index (χ3v) is 4.02. The molecular weight excluding hydrogens is 350 g/mol. The molecule has 1 heterocycles. The van der Waals surface area contributed by atoms with Crippen LogP contribution in [0.3, 0.4) is 0 Å². The van der Waals surface area contributed by atoms with Gasteiger partial charge < -0.3 is 15.4 Å². The van der Waals surface area contributed by atoms with Gasteiger partial charge in [-0.15, -0.1) is 0 Å². The molecule has 132 valence electrons. The Morgan fingerprint density at radius 1 is 1.04 bits per heavy atom. The summed E-state index contributed by atoms with van der Waals surface area (Å²) < 4.78 is 5.08. The van der Waals surface area contributed by atoms with Gasteiger partial charge in [-0.3, -0.25) is 4.79 Å². The van der Waals surface area contributed by atoms with Crippen LogP contribution >= 0.6 is 11.6 Å². The van der Waals surface area contributed by atoms with Crippen LogP contribution in [0.2, 0.25) is 5.02 Å². The summed E-state index contributed by atoms with van der Waals surface area (Å²) in [5.74, 6) is 0.973. The smallest absolute Gasteiger partial charge is 0.256 e. The minimum absolute atomic E-state index is 0.220. The van der Waals surface area contributed by atoms with Crippen LogP contribution in [0.25, 0.3) is 0 Å². The van der Waals surface area contributed by atoms with Gasteiger partial charge >= 0.3 is 0 Å². The molecule has 0 saturated carbocycles. The Morgan fingerprint density at radius 3 is 2.38 bits per heavy atom. The lowest BCUT2D eigenvalue weighted by Gasteiger charge is -2.08. The third-order valence-electron chi connectivity index (χ3n) is 3.77. The highest BCUT2D eigenvalue weighted by atomic mass is 35.5. The number of nitrogens with zero attached hydrogens (tertiary/aromatic N) is 1. The van der Waals surface area contributed by atoms with E-state index in [0.29, 0.717) is 28.7 Å². The number of methoxy groups -OCH3 is 1. The van der Waals surface area contributed by atoms with Crippen LogP contribution in [0.15, 0.2) is 66.9 Å². The lowest BCUT2D eigenvalue weighted by molar-refractivity contribution is 0.102. The first-order chi connectivity index (χ1) is 12.6. The first-order valence-electron chi connectivity index (χ1n) is 8.04. The van der Waals surface area contributed by atoms with Crippen molar-refractivity contribution >= 4 is 29.0 Å². The Morgan fingerprint density at radius 2 is 1.77 bits per heavy atom. The Hall–Kier alpha value is -3.05. The molecule has 1 amide bonds. The quantitative estimate of drug-likeness (QED) is 0.668. The summed E-state index contributed by atoms with van der Waals surface area (Å²) in [6.45, 7) is 0.663. The molecule has 0 radical (unpaired) electrons. The van der Waals surface area contributed by atoms with Gasteiger partial charge in [0.15, 0.2) is 0 Å². The zero-order valence-electron chi connectivity index (χ0n) is 14.2. The minimum Gasteiger partial charge on any atom is -0.497 e. The highest BCUT2D eigenvalue weighted by Gasteiger charge is 2.07. The predicted molar refractivity (Wildman–Crippen MR) is 104 cm³/mol. The van der Waals surface area contributed by atoms with Crippen LogP contribution in [0.1, 0.15) is 15.9 Å². The summed E-state index contributed by atoms with van der Waals surface area (Å²) in [7, 11) is 1.58. The standard InChI is InChI=1S/C20H18ClN3O2/c1-26-18-9-4-15(5-10-18)20(25)24-19-11-8-17(13-23-19)22-12-14-2-6-16(21)7-3-14/h2-11,13,22H,12H2,1H3,(H,23,24,25). The first kappa shape index (κ1) is 17.8. The van der Waals surface area contributed by atoms with Gasteiger partial charge in [-0.2, -0.15) is 0 Å². The SMILES string of the molecule is COc1ccc(C(=O)Nc2ccc(NCc3ccc(Cl)cc3)cn2)cc1. The Bertz CT molecular complexity index is 863. The van der Waals surface area contributed by atoms with Gasteiger partial charge in [-0.1, -0.05) is 23.7 Å². The fraction of sp³-hybridized carbons (Fsp3) is 0.100. The second-order valence-corrected chi connectivity index (χ2v) is 6.03. The number of halogens is 1. The molecule has 2 aromatic carbocycles. The predicted octanol–water partition coefficient (Wildman–Crippen LogP) is 4.61. The van der Waals surface area contributed by atoms with Crippen molar-refractivity contribution in [2.24, 2.45) is 0 Å². The number of carbonyl (C=O) groups is 1. The molecule has 0 saturated heterocycles. The highest BCUT2D eigenvalue weighted by molar-refractivity contribution is 6.30. The van der Waals surface area contributed by atoms with Gasteiger partial charge in [0.05, 0.1) is 19.0 Å². The number of anilines is 2. The number of ether oxygens (including phenoxy) is 1. The van der Waals surface area contributed by atoms with Crippen molar-refractivity contribution in [2.45, 2.75) is 6.54 Å². The molecule has 6 heteroatoms. The summed E-state index contributed by atoms with van der Waals surface area (Å²) >= 11 is 5.88. The summed E-state index contributed by atoms with van der Waals surface area (Å²) in [6.07, 6.45) is 1.68. The summed E-state index contributed by atoms with van der Waals surface area (Å²) in [4.78, 5) is 16.5. The minimum atomic E-state index is -0.220. The van der Waals surface area contributed by atoms with Crippen molar-refractivity contribution in [3.63, 3.8) is 0 Å². The van der Waals surface area contributed by atoms with Gasteiger partial charge in [-0.05, 0) is 54.1 Å². The number of benzene rings is 2. The molecule has 0 spiro atoms. The molecule has 0 atom stereocenters. The molecule has 0 aliphatic carbocycles. The zero-order chi connectivity index (χ0) is 18.4. The van der Waals surface area contributed by atoms with Crippen LogP contribution in [0.5, 0.6) is 5.75 Å². The lowest BCUT2D eigenvalue weighted by atomic mass is 10.2. The van der Waals surface area contributed by atoms with Gasteiger partial charge in [0.1, 0.15) is 11.6 Å². The van der Waals surface area contributed by atoms with Gasteiger partial charge in [0, 0.05) is 17.1 Å². The van der Waals surface area contributed by atoms with E-state index in [1.807, 2.05) is 30.3 Å². The normalized spacial score (nSPS) is 10.2. The number of hydrogen-bond donors (Lipinski definition) is 2. The Labute approximate surface area is 157 Å². The number of rotatable bonds is 6. The van der Waals surface area contributed by atoms with Gasteiger partial charge in [0.2, 0.25) is 0 Å². The van der Waals surface area contributed by atoms with Crippen molar-refractivity contribution in [3.8, 4) is 5.75 Å². The Kier molecular flexibility index (Phi) is 5.71. The van der Waals surface area contributed by atoms with Crippen molar-refractivity contribution in [3.05, 3.63) is 83.0 Å². The van der Waals surface area contributed by atoms with E-state index in [-0.39, 0.29) is 5.91 Å². The molecular formula is C20H18ClN3O2. The molecule has 3 rings (SSSR count). The van der Waals surface area contributed by atoms with Crippen LogP contribution in [-0.4, -0.2) is 18.0 Å². The van der Waals surface area contributed by atoms with Crippen LogP contribution in [0, 0.1) is 0 Å². The number of pyridine rings is 1. The average molecular weight is 368 g/mol. The molecule has 0 unspecified atom stereocenters. The highest BCUT2D eigenvalue weighted by Crippen LogP contribution is 2.15. The largest absolute Gasteiger partial charge is 0.497 e. The van der Waals surface area contributed by atoms with E-state index >= 15 is 0 Å². The molecule has 0 aliphatic heterocycles. The molecule has 0 bridgehead atoms. The third kappa shape index (κ3) is 4.74. The maximum absolute atomic E-state index is 12.2. The molecule has 0 fully saturated rings. The van der Waals surface area contributed by atoms with Gasteiger partial charge in [-0.25, -0.2) is 4.98 Å². The zero-order valence-corrected chi connectivity index (χ0v) is 15.0. The van der Waals surface area contributed by atoms with Crippen LogP contribution in [-0.2, 0) is 6.54 Å². The monoisotopic (exact) mass is 367 g/mol. The van der Waals surface area contributed by atoms with E-state index in [1.54, 1.807) is 43.6 Å². The molecule has 1 aromatic heterocycles. The second-order valence-electron chi connectivity index (χ2n) is 5.59. The van der Waals surface area contributed by atoms with E-state index in [9.17, 15) is 4.79 Å². The first-order valence-corrected chi connectivity index (χ1v) is 8.41.